The van der Waals surface area contributed by atoms with Crippen LogP contribution in [0.2, 0.25) is 0 Å². The highest BCUT2D eigenvalue weighted by Crippen LogP contribution is 2.18. The molecular formula is C9H7BrN2S. The van der Waals surface area contributed by atoms with Crippen LogP contribution in [-0.4, -0.2) is 4.98 Å². The summed E-state index contributed by atoms with van der Waals surface area (Å²) in [6, 6.07) is 8.00. The smallest absolute Gasteiger partial charge is 0.141 e. The van der Waals surface area contributed by atoms with E-state index in [1.807, 2.05) is 29.6 Å². The molecule has 4 heteroatoms. The van der Waals surface area contributed by atoms with Crippen molar-refractivity contribution >= 4 is 38.8 Å². The summed E-state index contributed by atoms with van der Waals surface area (Å²) in [7, 11) is 0. The molecule has 1 aromatic carbocycles. The van der Waals surface area contributed by atoms with Gasteiger partial charge in [-0.3, -0.25) is 0 Å². The van der Waals surface area contributed by atoms with Gasteiger partial charge in [0.05, 0.1) is 5.51 Å². The van der Waals surface area contributed by atoms with Gasteiger partial charge in [0, 0.05) is 15.5 Å². The Bertz CT molecular complexity index is 369. The van der Waals surface area contributed by atoms with Crippen LogP contribution in [0, 0.1) is 0 Å². The number of thiazole rings is 1. The van der Waals surface area contributed by atoms with E-state index in [0.29, 0.717) is 0 Å². The lowest BCUT2D eigenvalue weighted by molar-refractivity contribution is 1.38. The number of hydrogen-bond acceptors (Lipinski definition) is 3. The number of halogens is 1. The van der Waals surface area contributed by atoms with Crippen molar-refractivity contribution in [3.8, 4) is 0 Å². The molecule has 1 N–H and O–H groups in total. The molecule has 0 atom stereocenters. The Morgan fingerprint density at radius 2 is 2.00 bits per heavy atom. The fourth-order valence-electron chi connectivity index (χ4n) is 0.955. The molecule has 0 unspecified atom stereocenters. The molecule has 1 heterocycles. The number of aromatic nitrogens is 1. The van der Waals surface area contributed by atoms with Gasteiger partial charge in [-0.05, 0) is 24.3 Å². The van der Waals surface area contributed by atoms with Crippen LogP contribution in [0.25, 0.3) is 0 Å². The predicted molar refractivity (Wildman–Crippen MR) is 59.5 cm³/mol. The molecule has 0 saturated carbocycles. The van der Waals surface area contributed by atoms with Gasteiger partial charge in [0.2, 0.25) is 0 Å². The molecule has 13 heavy (non-hydrogen) atoms. The van der Waals surface area contributed by atoms with Crippen molar-refractivity contribution in [1.29, 1.82) is 0 Å². The van der Waals surface area contributed by atoms with Crippen molar-refractivity contribution in [2.75, 3.05) is 5.32 Å². The third-order valence-electron chi connectivity index (χ3n) is 1.55. The van der Waals surface area contributed by atoms with Crippen molar-refractivity contribution in [2.24, 2.45) is 0 Å². The molecule has 0 aliphatic rings. The van der Waals surface area contributed by atoms with E-state index in [1.54, 1.807) is 16.8 Å². The second-order valence-corrected chi connectivity index (χ2v) is 4.14. The van der Waals surface area contributed by atoms with Crippen molar-refractivity contribution in [1.82, 2.24) is 4.98 Å². The van der Waals surface area contributed by atoms with Crippen LogP contribution < -0.4 is 5.32 Å². The molecule has 0 spiro atoms. The highest BCUT2D eigenvalue weighted by atomic mass is 79.9. The Balaban J connectivity index is 2.15. The summed E-state index contributed by atoms with van der Waals surface area (Å²) < 4.78 is 1.08. The largest absolute Gasteiger partial charge is 0.340 e. The van der Waals surface area contributed by atoms with Crippen molar-refractivity contribution in [3.05, 3.63) is 39.6 Å². The van der Waals surface area contributed by atoms with Gasteiger partial charge in [0.25, 0.3) is 0 Å². The van der Waals surface area contributed by atoms with Crippen molar-refractivity contribution in [2.45, 2.75) is 0 Å². The van der Waals surface area contributed by atoms with Gasteiger partial charge in [-0.15, -0.1) is 11.3 Å². The van der Waals surface area contributed by atoms with E-state index in [4.69, 9.17) is 0 Å². The Hall–Kier alpha value is -0.870. The average Bonchev–Trinajstić information content (AvgIpc) is 2.62. The van der Waals surface area contributed by atoms with Crippen LogP contribution in [0.5, 0.6) is 0 Å². The molecule has 1 aromatic heterocycles. The van der Waals surface area contributed by atoms with Gasteiger partial charge in [-0.1, -0.05) is 15.9 Å². The first kappa shape index (κ1) is 8.72. The van der Waals surface area contributed by atoms with Crippen molar-refractivity contribution in [3.63, 3.8) is 0 Å². The van der Waals surface area contributed by atoms with E-state index in [1.165, 1.54) is 0 Å². The second-order valence-electron chi connectivity index (χ2n) is 2.51. The molecule has 0 aliphatic heterocycles. The number of benzene rings is 1. The highest BCUT2D eigenvalue weighted by Gasteiger charge is 1.94. The summed E-state index contributed by atoms with van der Waals surface area (Å²) >= 11 is 4.96. The lowest BCUT2D eigenvalue weighted by atomic mass is 10.3. The Labute approximate surface area is 88.8 Å². The molecule has 0 bridgehead atoms. The van der Waals surface area contributed by atoms with E-state index >= 15 is 0 Å². The maximum atomic E-state index is 4.13. The zero-order valence-corrected chi connectivity index (χ0v) is 9.10. The van der Waals surface area contributed by atoms with Crippen LogP contribution in [-0.2, 0) is 0 Å². The fourth-order valence-corrected chi connectivity index (χ4v) is 1.70. The number of nitrogens with zero attached hydrogens (tertiary/aromatic N) is 1. The molecule has 0 saturated heterocycles. The Kier molecular flexibility index (Phi) is 2.61. The maximum absolute atomic E-state index is 4.13. The van der Waals surface area contributed by atoms with E-state index in [-0.39, 0.29) is 0 Å². The predicted octanol–water partition coefficient (Wildman–Crippen LogP) is 3.65. The molecule has 0 radical (unpaired) electrons. The average molecular weight is 255 g/mol. The summed E-state index contributed by atoms with van der Waals surface area (Å²) in [5, 5.41) is 5.16. The zero-order valence-electron chi connectivity index (χ0n) is 6.70. The third kappa shape index (κ3) is 2.29. The lowest BCUT2D eigenvalue weighted by Gasteiger charge is -2.01. The minimum absolute atomic E-state index is 0.896. The summed E-state index contributed by atoms with van der Waals surface area (Å²) in [4.78, 5) is 4.13. The monoisotopic (exact) mass is 254 g/mol. The SMILES string of the molecule is Brc1ccc(Nc2cscn2)cc1. The molecule has 66 valence electrons. The van der Waals surface area contributed by atoms with E-state index < -0.39 is 0 Å². The van der Waals surface area contributed by atoms with Crippen LogP contribution in [0.4, 0.5) is 11.5 Å². The Morgan fingerprint density at radius 3 is 2.62 bits per heavy atom. The molecule has 2 rings (SSSR count). The van der Waals surface area contributed by atoms with Gasteiger partial charge < -0.3 is 5.32 Å². The fraction of sp³-hybridized carbons (Fsp3) is 0. The van der Waals surface area contributed by atoms with Gasteiger partial charge in [0.15, 0.2) is 0 Å². The first-order valence-corrected chi connectivity index (χ1v) is 5.49. The first-order valence-electron chi connectivity index (χ1n) is 3.75. The minimum Gasteiger partial charge on any atom is -0.340 e. The number of hydrogen-bond donors (Lipinski definition) is 1. The van der Waals surface area contributed by atoms with Gasteiger partial charge >= 0.3 is 0 Å². The quantitative estimate of drug-likeness (QED) is 0.885. The minimum atomic E-state index is 0.896. The molecule has 0 aliphatic carbocycles. The van der Waals surface area contributed by atoms with Gasteiger partial charge in [-0.2, -0.15) is 0 Å². The first-order chi connectivity index (χ1) is 6.34. The van der Waals surface area contributed by atoms with Crippen LogP contribution in [0.3, 0.4) is 0 Å². The standard InChI is InChI=1S/C9H7BrN2S/c10-7-1-3-8(4-2-7)12-9-5-13-6-11-9/h1-6,12H. The maximum Gasteiger partial charge on any atom is 0.141 e. The number of rotatable bonds is 2. The molecule has 0 fully saturated rings. The molecular weight excluding hydrogens is 248 g/mol. The summed E-state index contributed by atoms with van der Waals surface area (Å²) in [5.41, 5.74) is 2.86. The van der Waals surface area contributed by atoms with Gasteiger partial charge in [0.1, 0.15) is 5.82 Å². The lowest BCUT2D eigenvalue weighted by Crippen LogP contribution is -1.88. The van der Waals surface area contributed by atoms with Crippen molar-refractivity contribution < 1.29 is 0 Å². The Morgan fingerprint density at radius 1 is 1.23 bits per heavy atom. The highest BCUT2D eigenvalue weighted by molar-refractivity contribution is 9.10. The molecule has 0 amide bonds. The van der Waals surface area contributed by atoms with E-state index in [2.05, 4.69) is 26.2 Å². The van der Waals surface area contributed by atoms with Gasteiger partial charge in [-0.25, -0.2) is 4.98 Å². The zero-order chi connectivity index (χ0) is 9.10. The summed E-state index contributed by atoms with van der Waals surface area (Å²) in [5.74, 6) is 0.896. The normalized spacial score (nSPS) is 9.92. The van der Waals surface area contributed by atoms with Crippen LogP contribution in [0.15, 0.2) is 39.6 Å². The summed E-state index contributed by atoms with van der Waals surface area (Å²) in [6.45, 7) is 0. The second kappa shape index (κ2) is 3.89. The molecule has 2 nitrogen and oxygen atoms in total. The van der Waals surface area contributed by atoms with Crippen LogP contribution in [0.1, 0.15) is 0 Å². The van der Waals surface area contributed by atoms with E-state index in [0.717, 1.165) is 16.0 Å². The molecule has 2 aromatic rings. The summed E-state index contributed by atoms with van der Waals surface area (Å²) in [6.07, 6.45) is 0. The third-order valence-corrected chi connectivity index (χ3v) is 2.66. The topological polar surface area (TPSA) is 24.9 Å². The van der Waals surface area contributed by atoms with E-state index in [9.17, 15) is 0 Å². The number of nitrogens with one attached hydrogen (secondary N) is 1. The van der Waals surface area contributed by atoms with Crippen LogP contribution >= 0.6 is 27.3 Å². The number of anilines is 2.